The molecule has 0 saturated carbocycles. The van der Waals surface area contributed by atoms with Crippen LogP contribution in [0.25, 0.3) is 6.08 Å². The number of hydrogen-bond acceptors (Lipinski definition) is 2. The molecule has 0 bridgehead atoms. The van der Waals surface area contributed by atoms with E-state index in [0.717, 1.165) is 0 Å². The van der Waals surface area contributed by atoms with E-state index in [9.17, 15) is 4.79 Å². The Kier molecular flexibility index (Phi) is 2.45. The SMILES string of the molecule is C=Cc1ncc(C(=O)O)cc1Cl. The van der Waals surface area contributed by atoms with E-state index in [0.29, 0.717) is 10.7 Å². The molecule has 4 heteroatoms. The molecule has 0 spiro atoms. The molecule has 0 unspecified atom stereocenters. The third-order valence-corrected chi connectivity index (χ3v) is 1.61. The van der Waals surface area contributed by atoms with Crippen LogP contribution in [0.5, 0.6) is 0 Å². The van der Waals surface area contributed by atoms with Crippen molar-refractivity contribution < 1.29 is 9.90 Å². The molecular weight excluding hydrogens is 178 g/mol. The number of pyridine rings is 1. The largest absolute Gasteiger partial charge is 0.478 e. The first-order valence-electron chi connectivity index (χ1n) is 3.16. The lowest BCUT2D eigenvalue weighted by atomic mass is 10.2. The fourth-order valence-corrected chi connectivity index (χ4v) is 0.959. The standard InChI is InChI=1S/C8H6ClNO2/c1-2-7-6(9)3-5(4-10-7)8(11)12/h2-4H,1H2,(H,11,12). The van der Waals surface area contributed by atoms with Crippen LogP contribution in [0, 0.1) is 0 Å². The van der Waals surface area contributed by atoms with E-state index in [2.05, 4.69) is 11.6 Å². The van der Waals surface area contributed by atoms with E-state index >= 15 is 0 Å². The van der Waals surface area contributed by atoms with Gasteiger partial charge in [-0.05, 0) is 12.1 Å². The second-order valence-corrected chi connectivity index (χ2v) is 2.51. The monoisotopic (exact) mass is 183 g/mol. The van der Waals surface area contributed by atoms with E-state index in [4.69, 9.17) is 16.7 Å². The minimum atomic E-state index is -1.04. The van der Waals surface area contributed by atoms with E-state index in [-0.39, 0.29) is 5.56 Å². The van der Waals surface area contributed by atoms with Crippen molar-refractivity contribution in [2.75, 3.05) is 0 Å². The van der Waals surface area contributed by atoms with Crippen molar-refractivity contribution in [3.8, 4) is 0 Å². The van der Waals surface area contributed by atoms with Crippen molar-refractivity contribution in [3.05, 3.63) is 35.1 Å². The number of nitrogens with zero attached hydrogens (tertiary/aromatic N) is 1. The maximum atomic E-state index is 10.4. The summed E-state index contributed by atoms with van der Waals surface area (Å²) in [7, 11) is 0. The van der Waals surface area contributed by atoms with Crippen molar-refractivity contribution in [3.63, 3.8) is 0 Å². The molecule has 1 N–H and O–H groups in total. The van der Waals surface area contributed by atoms with Gasteiger partial charge in [0, 0.05) is 6.20 Å². The fourth-order valence-electron chi connectivity index (χ4n) is 0.716. The summed E-state index contributed by atoms with van der Waals surface area (Å²) in [6.07, 6.45) is 2.71. The Morgan fingerprint density at radius 3 is 2.83 bits per heavy atom. The summed E-state index contributed by atoms with van der Waals surface area (Å²) in [5.74, 6) is -1.04. The molecule has 0 aliphatic heterocycles. The summed E-state index contributed by atoms with van der Waals surface area (Å²) in [6, 6.07) is 1.34. The van der Waals surface area contributed by atoms with Gasteiger partial charge in [0.05, 0.1) is 16.3 Å². The second kappa shape index (κ2) is 3.36. The highest BCUT2D eigenvalue weighted by Gasteiger charge is 2.05. The number of aromatic carboxylic acids is 1. The predicted octanol–water partition coefficient (Wildman–Crippen LogP) is 2.08. The van der Waals surface area contributed by atoms with Crippen molar-refractivity contribution >= 4 is 23.6 Å². The van der Waals surface area contributed by atoms with Gasteiger partial charge >= 0.3 is 5.97 Å². The highest BCUT2D eigenvalue weighted by Crippen LogP contribution is 2.15. The third kappa shape index (κ3) is 1.62. The molecule has 1 heterocycles. The summed E-state index contributed by atoms with van der Waals surface area (Å²) in [4.78, 5) is 14.2. The van der Waals surface area contributed by atoms with Gasteiger partial charge in [0.2, 0.25) is 0 Å². The summed E-state index contributed by atoms with van der Waals surface area (Å²) in [5, 5.41) is 8.84. The molecule has 3 nitrogen and oxygen atoms in total. The van der Waals surface area contributed by atoms with Crippen molar-refractivity contribution in [1.29, 1.82) is 0 Å². The zero-order valence-electron chi connectivity index (χ0n) is 6.12. The van der Waals surface area contributed by atoms with Crippen LogP contribution in [0.3, 0.4) is 0 Å². The second-order valence-electron chi connectivity index (χ2n) is 2.10. The normalized spacial score (nSPS) is 9.42. The molecular formula is C8H6ClNO2. The van der Waals surface area contributed by atoms with Crippen LogP contribution >= 0.6 is 11.6 Å². The van der Waals surface area contributed by atoms with Gasteiger partial charge in [0.1, 0.15) is 0 Å². The lowest BCUT2D eigenvalue weighted by molar-refractivity contribution is 0.0696. The van der Waals surface area contributed by atoms with E-state index < -0.39 is 5.97 Å². The van der Waals surface area contributed by atoms with Gasteiger partial charge in [-0.3, -0.25) is 4.98 Å². The van der Waals surface area contributed by atoms with Gasteiger partial charge < -0.3 is 5.11 Å². The van der Waals surface area contributed by atoms with Crippen LogP contribution in [0.4, 0.5) is 0 Å². The highest BCUT2D eigenvalue weighted by molar-refractivity contribution is 6.32. The number of rotatable bonds is 2. The van der Waals surface area contributed by atoms with Gasteiger partial charge in [-0.15, -0.1) is 0 Å². The number of halogens is 1. The molecule has 0 radical (unpaired) electrons. The van der Waals surface area contributed by atoms with Crippen LogP contribution in [-0.4, -0.2) is 16.1 Å². The van der Waals surface area contributed by atoms with Crippen LogP contribution in [0.1, 0.15) is 16.1 Å². The maximum Gasteiger partial charge on any atom is 0.337 e. The molecule has 12 heavy (non-hydrogen) atoms. The number of carbonyl (C=O) groups is 1. The summed E-state index contributed by atoms with van der Waals surface area (Å²) in [5.41, 5.74) is 0.562. The predicted molar refractivity (Wildman–Crippen MR) is 46.3 cm³/mol. The molecule has 0 aromatic carbocycles. The quantitative estimate of drug-likeness (QED) is 0.764. The lowest BCUT2D eigenvalue weighted by Crippen LogP contribution is -1.97. The number of carboxylic acid groups (broad SMARTS) is 1. The Morgan fingerprint density at radius 2 is 2.42 bits per heavy atom. The highest BCUT2D eigenvalue weighted by atomic mass is 35.5. The molecule has 62 valence electrons. The Labute approximate surface area is 74.3 Å². The van der Waals surface area contributed by atoms with Crippen molar-refractivity contribution in [2.45, 2.75) is 0 Å². The van der Waals surface area contributed by atoms with Crippen LogP contribution in [0.15, 0.2) is 18.8 Å². The molecule has 0 atom stereocenters. The third-order valence-electron chi connectivity index (χ3n) is 1.31. The topological polar surface area (TPSA) is 50.2 Å². The summed E-state index contributed by atoms with van der Waals surface area (Å²) >= 11 is 5.68. The van der Waals surface area contributed by atoms with Gasteiger partial charge in [0.15, 0.2) is 0 Å². The fraction of sp³-hybridized carbons (Fsp3) is 0. The zero-order chi connectivity index (χ0) is 9.14. The average Bonchev–Trinajstić information content (AvgIpc) is 2.04. The number of carboxylic acids is 1. The maximum absolute atomic E-state index is 10.4. The van der Waals surface area contributed by atoms with Gasteiger partial charge in [-0.1, -0.05) is 18.2 Å². The first-order chi connectivity index (χ1) is 5.65. The van der Waals surface area contributed by atoms with Crippen molar-refractivity contribution in [2.24, 2.45) is 0 Å². The smallest absolute Gasteiger partial charge is 0.337 e. The molecule has 1 aromatic rings. The van der Waals surface area contributed by atoms with Crippen LogP contribution < -0.4 is 0 Å². The Balaban J connectivity index is 3.18. The molecule has 1 aromatic heterocycles. The Hall–Kier alpha value is -1.35. The molecule has 0 fully saturated rings. The average molecular weight is 184 g/mol. The summed E-state index contributed by atoms with van der Waals surface area (Å²) < 4.78 is 0. The van der Waals surface area contributed by atoms with Crippen LogP contribution in [-0.2, 0) is 0 Å². The zero-order valence-corrected chi connectivity index (χ0v) is 6.88. The van der Waals surface area contributed by atoms with Gasteiger partial charge in [-0.2, -0.15) is 0 Å². The van der Waals surface area contributed by atoms with Crippen molar-refractivity contribution in [1.82, 2.24) is 4.98 Å². The Bertz CT molecular complexity index is 336. The first-order valence-corrected chi connectivity index (χ1v) is 3.54. The minimum absolute atomic E-state index is 0.0746. The van der Waals surface area contributed by atoms with Gasteiger partial charge in [-0.25, -0.2) is 4.79 Å². The first kappa shape index (κ1) is 8.74. The van der Waals surface area contributed by atoms with E-state index in [1.807, 2.05) is 0 Å². The molecule has 0 amide bonds. The van der Waals surface area contributed by atoms with Crippen LogP contribution in [0.2, 0.25) is 5.02 Å². The Morgan fingerprint density at radius 1 is 1.75 bits per heavy atom. The summed E-state index contributed by atoms with van der Waals surface area (Å²) in [6.45, 7) is 3.47. The molecule has 0 aliphatic rings. The van der Waals surface area contributed by atoms with Gasteiger partial charge in [0.25, 0.3) is 0 Å². The van der Waals surface area contributed by atoms with E-state index in [1.165, 1.54) is 18.3 Å². The van der Waals surface area contributed by atoms with E-state index in [1.54, 1.807) is 0 Å². The molecule has 0 saturated heterocycles. The molecule has 1 rings (SSSR count). The minimum Gasteiger partial charge on any atom is -0.478 e. The number of aromatic nitrogens is 1. The molecule has 0 aliphatic carbocycles. The number of hydrogen-bond donors (Lipinski definition) is 1. The lowest BCUT2D eigenvalue weighted by Gasteiger charge is -1.97.